The molecule has 1 atom stereocenters. The minimum Gasteiger partial charge on any atom is -0.482 e. The van der Waals surface area contributed by atoms with Crippen LogP contribution in [-0.4, -0.2) is 18.7 Å². The minimum atomic E-state index is -0.371. The number of carbonyl (C=O) groups excluding carboxylic acids is 1. The SMILES string of the molecule is O=C(COc1cc(Cl)c(Cl)cc1Cl)N/N=C/C1CC=CCC1. The van der Waals surface area contributed by atoms with Gasteiger partial charge in [0.05, 0.1) is 15.1 Å². The molecule has 4 nitrogen and oxygen atoms in total. The summed E-state index contributed by atoms with van der Waals surface area (Å²) in [6.45, 7) is -0.209. The number of benzene rings is 1. The molecule has 118 valence electrons. The predicted octanol–water partition coefficient (Wildman–Crippen LogP) is 4.48. The summed E-state index contributed by atoms with van der Waals surface area (Å²) in [5.41, 5.74) is 2.42. The van der Waals surface area contributed by atoms with E-state index in [0.29, 0.717) is 26.7 Å². The van der Waals surface area contributed by atoms with E-state index in [1.807, 2.05) is 0 Å². The van der Waals surface area contributed by atoms with E-state index in [-0.39, 0.29) is 12.5 Å². The molecule has 0 saturated carbocycles. The number of amides is 1. The molecule has 0 aromatic heterocycles. The number of nitrogens with one attached hydrogen (secondary N) is 1. The van der Waals surface area contributed by atoms with Crippen LogP contribution in [0.3, 0.4) is 0 Å². The Hall–Kier alpha value is -1.23. The van der Waals surface area contributed by atoms with Crippen molar-refractivity contribution in [1.29, 1.82) is 0 Å². The third-order valence-corrected chi connectivity index (χ3v) is 4.14. The van der Waals surface area contributed by atoms with Crippen molar-refractivity contribution in [3.63, 3.8) is 0 Å². The fourth-order valence-electron chi connectivity index (χ4n) is 1.96. The van der Waals surface area contributed by atoms with E-state index in [2.05, 4.69) is 22.7 Å². The maximum absolute atomic E-state index is 11.7. The highest BCUT2D eigenvalue weighted by molar-refractivity contribution is 6.43. The van der Waals surface area contributed by atoms with Crippen LogP contribution in [0.25, 0.3) is 0 Å². The number of rotatable bonds is 5. The molecule has 1 amide bonds. The van der Waals surface area contributed by atoms with Gasteiger partial charge in [-0.3, -0.25) is 4.79 Å². The molecule has 0 bridgehead atoms. The first-order chi connectivity index (χ1) is 10.6. The van der Waals surface area contributed by atoms with Gasteiger partial charge in [0.1, 0.15) is 5.75 Å². The first-order valence-corrected chi connectivity index (χ1v) is 7.94. The number of carbonyl (C=O) groups is 1. The largest absolute Gasteiger partial charge is 0.482 e. The van der Waals surface area contributed by atoms with Crippen LogP contribution in [-0.2, 0) is 4.79 Å². The molecule has 7 heteroatoms. The Morgan fingerprint density at radius 3 is 2.77 bits per heavy atom. The molecule has 1 aromatic rings. The average Bonchev–Trinajstić information content (AvgIpc) is 2.50. The molecular formula is C15H15Cl3N2O2. The molecule has 1 unspecified atom stereocenters. The van der Waals surface area contributed by atoms with Gasteiger partial charge in [0, 0.05) is 12.3 Å². The Balaban J connectivity index is 1.79. The zero-order chi connectivity index (χ0) is 15.9. The number of halogens is 3. The van der Waals surface area contributed by atoms with Crippen molar-refractivity contribution in [3.05, 3.63) is 39.4 Å². The van der Waals surface area contributed by atoms with Crippen molar-refractivity contribution in [1.82, 2.24) is 5.43 Å². The smallest absolute Gasteiger partial charge is 0.277 e. The summed E-state index contributed by atoms with van der Waals surface area (Å²) in [7, 11) is 0. The summed E-state index contributed by atoms with van der Waals surface area (Å²) in [6, 6.07) is 2.94. The van der Waals surface area contributed by atoms with E-state index >= 15 is 0 Å². The van der Waals surface area contributed by atoms with Crippen molar-refractivity contribution in [2.24, 2.45) is 11.0 Å². The van der Waals surface area contributed by atoms with Crippen molar-refractivity contribution >= 4 is 46.9 Å². The quantitative estimate of drug-likeness (QED) is 0.364. The van der Waals surface area contributed by atoms with E-state index in [4.69, 9.17) is 39.5 Å². The molecule has 0 aliphatic heterocycles. The number of allylic oxidation sites excluding steroid dienone is 2. The van der Waals surface area contributed by atoms with Crippen LogP contribution in [0.4, 0.5) is 0 Å². The number of nitrogens with zero attached hydrogens (tertiary/aromatic N) is 1. The Bertz CT molecular complexity index is 603. The maximum Gasteiger partial charge on any atom is 0.277 e. The van der Waals surface area contributed by atoms with Crippen LogP contribution in [0.2, 0.25) is 15.1 Å². The van der Waals surface area contributed by atoms with Gasteiger partial charge in [-0.25, -0.2) is 5.43 Å². The molecule has 0 radical (unpaired) electrons. The van der Waals surface area contributed by atoms with Gasteiger partial charge < -0.3 is 4.74 Å². The first-order valence-electron chi connectivity index (χ1n) is 6.80. The summed E-state index contributed by atoms with van der Waals surface area (Å²) in [5.74, 6) is 0.299. The lowest BCUT2D eigenvalue weighted by atomic mass is 9.96. The topological polar surface area (TPSA) is 50.7 Å². The molecule has 1 N–H and O–H groups in total. The maximum atomic E-state index is 11.7. The van der Waals surface area contributed by atoms with E-state index in [1.165, 1.54) is 12.1 Å². The van der Waals surface area contributed by atoms with Crippen LogP contribution in [0.1, 0.15) is 19.3 Å². The summed E-state index contributed by atoms with van der Waals surface area (Å²) in [6.07, 6.45) is 9.08. The fourth-order valence-corrected chi connectivity index (χ4v) is 2.55. The van der Waals surface area contributed by atoms with Gasteiger partial charge in [0.25, 0.3) is 5.91 Å². The van der Waals surface area contributed by atoms with E-state index in [9.17, 15) is 4.79 Å². The third-order valence-electron chi connectivity index (χ3n) is 3.12. The van der Waals surface area contributed by atoms with Gasteiger partial charge in [-0.1, -0.05) is 47.0 Å². The highest BCUT2D eigenvalue weighted by atomic mass is 35.5. The van der Waals surface area contributed by atoms with Gasteiger partial charge in [0.2, 0.25) is 0 Å². The highest BCUT2D eigenvalue weighted by Gasteiger charge is 2.10. The van der Waals surface area contributed by atoms with Crippen molar-refractivity contribution in [2.75, 3.05) is 6.61 Å². The number of hydrogen-bond acceptors (Lipinski definition) is 3. The van der Waals surface area contributed by atoms with E-state index < -0.39 is 0 Å². The standard InChI is InChI=1S/C15H15Cl3N2O2/c16-11-6-13(18)14(7-12(11)17)22-9-15(21)20-19-8-10-4-2-1-3-5-10/h1-2,6-8,10H,3-5,9H2,(H,20,21)/b19-8+. The summed E-state index contributed by atoms with van der Waals surface area (Å²) >= 11 is 17.6. The van der Waals surface area contributed by atoms with E-state index in [1.54, 1.807) is 6.21 Å². The summed E-state index contributed by atoms with van der Waals surface area (Å²) in [5, 5.41) is 4.87. The summed E-state index contributed by atoms with van der Waals surface area (Å²) < 4.78 is 5.30. The lowest BCUT2D eigenvalue weighted by Gasteiger charge is -2.12. The van der Waals surface area contributed by atoms with Crippen LogP contribution < -0.4 is 10.2 Å². The van der Waals surface area contributed by atoms with Crippen LogP contribution in [0, 0.1) is 5.92 Å². The monoisotopic (exact) mass is 360 g/mol. The number of hydrazone groups is 1. The van der Waals surface area contributed by atoms with Gasteiger partial charge >= 0.3 is 0 Å². The highest BCUT2D eigenvalue weighted by Crippen LogP contribution is 2.33. The van der Waals surface area contributed by atoms with Crippen LogP contribution in [0.15, 0.2) is 29.4 Å². The minimum absolute atomic E-state index is 0.209. The van der Waals surface area contributed by atoms with Gasteiger partial charge in [-0.2, -0.15) is 5.10 Å². The molecule has 0 saturated heterocycles. The molecular weight excluding hydrogens is 347 g/mol. The first kappa shape index (κ1) is 17.1. The van der Waals surface area contributed by atoms with Crippen molar-refractivity contribution in [2.45, 2.75) is 19.3 Å². The zero-order valence-corrected chi connectivity index (χ0v) is 14.0. The second kappa shape index (κ2) is 8.42. The Labute approximate surface area is 144 Å². The lowest BCUT2D eigenvalue weighted by Crippen LogP contribution is -2.25. The van der Waals surface area contributed by atoms with Gasteiger partial charge in [0.15, 0.2) is 6.61 Å². The molecule has 2 rings (SSSR count). The summed E-state index contributed by atoms with van der Waals surface area (Å²) in [4.78, 5) is 11.7. The zero-order valence-electron chi connectivity index (χ0n) is 11.7. The number of ether oxygens (including phenoxy) is 1. The van der Waals surface area contributed by atoms with E-state index in [0.717, 1.165) is 19.3 Å². The Kier molecular flexibility index (Phi) is 6.55. The van der Waals surface area contributed by atoms with Crippen LogP contribution in [0.5, 0.6) is 5.75 Å². The van der Waals surface area contributed by atoms with Crippen LogP contribution >= 0.6 is 34.8 Å². The Morgan fingerprint density at radius 1 is 1.27 bits per heavy atom. The predicted molar refractivity (Wildman–Crippen MR) is 90.1 cm³/mol. The second-order valence-electron chi connectivity index (χ2n) is 4.84. The Morgan fingerprint density at radius 2 is 2.05 bits per heavy atom. The molecule has 0 fully saturated rings. The molecule has 22 heavy (non-hydrogen) atoms. The molecule has 0 spiro atoms. The van der Waals surface area contributed by atoms with Crippen molar-refractivity contribution in [3.8, 4) is 5.75 Å². The third kappa shape index (κ3) is 5.20. The fraction of sp³-hybridized carbons (Fsp3) is 0.333. The molecule has 0 heterocycles. The van der Waals surface area contributed by atoms with Gasteiger partial charge in [-0.15, -0.1) is 0 Å². The second-order valence-corrected chi connectivity index (χ2v) is 6.06. The van der Waals surface area contributed by atoms with Crippen molar-refractivity contribution < 1.29 is 9.53 Å². The molecule has 1 aromatic carbocycles. The van der Waals surface area contributed by atoms with Gasteiger partial charge in [-0.05, 0) is 31.2 Å². The average molecular weight is 362 g/mol. The normalized spacial score (nSPS) is 17.7. The molecule has 1 aliphatic rings. The molecule has 1 aliphatic carbocycles. The number of hydrogen-bond donors (Lipinski definition) is 1. The lowest BCUT2D eigenvalue weighted by molar-refractivity contribution is -0.123.